The molecule has 1 aliphatic heterocycles. The Morgan fingerprint density at radius 1 is 1.20 bits per heavy atom. The summed E-state index contributed by atoms with van der Waals surface area (Å²) >= 11 is 0. The van der Waals surface area contributed by atoms with E-state index >= 15 is 0 Å². The number of amides is 1. The van der Waals surface area contributed by atoms with Crippen LogP contribution in [-0.4, -0.2) is 42.1 Å². The minimum absolute atomic E-state index is 0.126. The number of morpholine rings is 1. The molecule has 2 aliphatic carbocycles. The third kappa shape index (κ3) is 2.48. The first kappa shape index (κ1) is 14.3. The van der Waals surface area contributed by atoms with E-state index in [-0.39, 0.29) is 12.0 Å². The zero-order valence-electron chi connectivity index (χ0n) is 12.8. The molecule has 0 spiro atoms. The van der Waals surface area contributed by atoms with E-state index in [1.54, 1.807) is 0 Å². The van der Waals surface area contributed by atoms with Gasteiger partial charge < -0.3 is 15.4 Å². The lowest BCUT2D eigenvalue weighted by molar-refractivity contribution is -0.151. The van der Waals surface area contributed by atoms with E-state index in [0.29, 0.717) is 36.5 Å². The smallest absolute Gasteiger partial charge is 0.226 e. The van der Waals surface area contributed by atoms with Crippen LogP contribution in [0.3, 0.4) is 0 Å². The van der Waals surface area contributed by atoms with Gasteiger partial charge in [0.2, 0.25) is 5.91 Å². The number of hydrogen-bond donors (Lipinski definition) is 1. The first-order chi connectivity index (χ1) is 9.58. The molecule has 0 bridgehead atoms. The predicted molar refractivity (Wildman–Crippen MR) is 78.1 cm³/mol. The molecule has 0 aromatic rings. The molecule has 1 heterocycles. The van der Waals surface area contributed by atoms with Crippen molar-refractivity contribution < 1.29 is 9.53 Å². The number of carbonyl (C=O) groups excluding carboxylic acids is 1. The van der Waals surface area contributed by atoms with Crippen LogP contribution in [0.2, 0.25) is 0 Å². The summed E-state index contributed by atoms with van der Waals surface area (Å²) in [6, 6.07) is 0.514. The van der Waals surface area contributed by atoms with Crippen LogP contribution in [0.15, 0.2) is 0 Å². The highest BCUT2D eigenvalue weighted by Crippen LogP contribution is 2.37. The Morgan fingerprint density at radius 3 is 2.80 bits per heavy atom. The second-order valence-electron chi connectivity index (χ2n) is 7.14. The Labute approximate surface area is 122 Å². The van der Waals surface area contributed by atoms with Crippen LogP contribution >= 0.6 is 0 Å². The summed E-state index contributed by atoms with van der Waals surface area (Å²) in [4.78, 5) is 15.1. The second-order valence-corrected chi connectivity index (χ2v) is 7.14. The summed E-state index contributed by atoms with van der Waals surface area (Å²) in [7, 11) is 0. The van der Waals surface area contributed by atoms with Gasteiger partial charge in [0, 0.05) is 18.5 Å². The molecule has 6 unspecified atom stereocenters. The number of nitrogens with zero attached hydrogens (tertiary/aromatic N) is 1. The average molecular weight is 280 g/mol. The van der Waals surface area contributed by atoms with Gasteiger partial charge in [-0.05, 0) is 43.9 Å². The van der Waals surface area contributed by atoms with Crippen LogP contribution in [0, 0.1) is 17.8 Å². The molecule has 3 rings (SSSR count). The molecule has 2 N–H and O–H groups in total. The molecule has 0 aromatic heterocycles. The van der Waals surface area contributed by atoms with Gasteiger partial charge in [0.1, 0.15) is 0 Å². The highest BCUT2D eigenvalue weighted by molar-refractivity contribution is 5.80. The molecular formula is C16H28N2O2. The highest BCUT2D eigenvalue weighted by Gasteiger charge is 2.43. The van der Waals surface area contributed by atoms with Crippen LogP contribution in [0.4, 0.5) is 0 Å². The first-order valence-electron chi connectivity index (χ1n) is 8.25. The fraction of sp³-hybridized carbons (Fsp3) is 0.938. The molecule has 3 fully saturated rings. The van der Waals surface area contributed by atoms with Crippen molar-refractivity contribution >= 4 is 5.91 Å². The number of carbonyl (C=O) groups is 1. The molecule has 0 radical (unpaired) electrons. The van der Waals surface area contributed by atoms with Gasteiger partial charge in [-0.15, -0.1) is 0 Å². The zero-order valence-corrected chi connectivity index (χ0v) is 12.8. The quantitative estimate of drug-likeness (QED) is 0.796. The van der Waals surface area contributed by atoms with E-state index in [9.17, 15) is 4.79 Å². The molecule has 1 amide bonds. The number of ether oxygens (including phenoxy) is 1. The minimum Gasteiger partial charge on any atom is -0.374 e. The maximum Gasteiger partial charge on any atom is 0.226 e. The van der Waals surface area contributed by atoms with E-state index in [1.807, 2.05) is 0 Å². The molecule has 2 saturated carbocycles. The van der Waals surface area contributed by atoms with Crippen molar-refractivity contribution in [3.8, 4) is 0 Å². The fourth-order valence-electron chi connectivity index (χ4n) is 4.44. The van der Waals surface area contributed by atoms with Gasteiger partial charge in [-0.1, -0.05) is 13.8 Å². The van der Waals surface area contributed by atoms with Gasteiger partial charge in [-0.3, -0.25) is 4.79 Å². The van der Waals surface area contributed by atoms with Gasteiger partial charge in [0.25, 0.3) is 0 Å². The summed E-state index contributed by atoms with van der Waals surface area (Å²) < 4.78 is 5.82. The van der Waals surface area contributed by atoms with Crippen LogP contribution in [0.1, 0.15) is 46.0 Å². The van der Waals surface area contributed by atoms with Crippen molar-refractivity contribution in [1.82, 2.24) is 4.90 Å². The van der Waals surface area contributed by atoms with Gasteiger partial charge in [0.15, 0.2) is 0 Å². The summed E-state index contributed by atoms with van der Waals surface area (Å²) in [5.41, 5.74) is 6.21. The van der Waals surface area contributed by atoms with Gasteiger partial charge in [0.05, 0.1) is 18.8 Å². The van der Waals surface area contributed by atoms with E-state index in [1.165, 1.54) is 6.42 Å². The molecule has 3 aliphatic rings. The molecule has 114 valence electrons. The van der Waals surface area contributed by atoms with Crippen molar-refractivity contribution in [3.05, 3.63) is 0 Å². The first-order valence-corrected chi connectivity index (χ1v) is 8.25. The normalized spacial score (nSPS) is 45.2. The maximum atomic E-state index is 13.0. The number of fused-ring (bicyclic) bond motifs is 1. The van der Waals surface area contributed by atoms with Crippen molar-refractivity contribution in [3.63, 3.8) is 0 Å². The van der Waals surface area contributed by atoms with E-state index < -0.39 is 0 Å². The van der Waals surface area contributed by atoms with E-state index in [0.717, 1.165) is 32.2 Å². The Hall–Kier alpha value is -0.610. The Kier molecular flexibility index (Phi) is 4.04. The standard InChI is InChI=1S/C16H28N2O2/c1-10-8-11(2)13(17)9-12(10)16(19)18-6-7-20-15-5-3-4-14(15)18/h10-15H,3-9,17H2,1-2H3. The third-order valence-corrected chi connectivity index (χ3v) is 5.77. The molecule has 6 atom stereocenters. The molecule has 4 nitrogen and oxygen atoms in total. The van der Waals surface area contributed by atoms with Crippen LogP contribution in [0.25, 0.3) is 0 Å². The molecule has 20 heavy (non-hydrogen) atoms. The lowest BCUT2D eigenvalue weighted by atomic mass is 9.72. The Morgan fingerprint density at radius 2 is 2.00 bits per heavy atom. The summed E-state index contributed by atoms with van der Waals surface area (Å²) in [5.74, 6) is 1.47. The maximum absolute atomic E-state index is 13.0. The predicted octanol–water partition coefficient (Wildman–Crippen LogP) is 1.78. The lowest BCUT2D eigenvalue weighted by Gasteiger charge is -2.43. The van der Waals surface area contributed by atoms with Crippen molar-refractivity contribution in [2.75, 3.05) is 13.2 Å². The second kappa shape index (κ2) is 5.64. The molecular weight excluding hydrogens is 252 g/mol. The van der Waals surface area contributed by atoms with Crippen molar-refractivity contribution in [2.45, 2.75) is 64.1 Å². The Bertz CT molecular complexity index is 373. The van der Waals surface area contributed by atoms with E-state index in [2.05, 4.69) is 18.7 Å². The van der Waals surface area contributed by atoms with Crippen LogP contribution in [-0.2, 0) is 9.53 Å². The summed E-state index contributed by atoms with van der Waals surface area (Å²) in [6.07, 6.45) is 5.65. The van der Waals surface area contributed by atoms with Crippen LogP contribution in [0.5, 0.6) is 0 Å². The summed E-state index contributed by atoms with van der Waals surface area (Å²) in [5, 5.41) is 0. The molecule has 0 aromatic carbocycles. The average Bonchev–Trinajstić information content (AvgIpc) is 2.90. The lowest BCUT2D eigenvalue weighted by Crippen LogP contribution is -2.55. The minimum atomic E-state index is 0.126. The van der Waals surface area contributed by atoms with E-state index in [4.69, 9.17) is 10.5 Å². The van der Waals surface area contributed by atoms with Crippen molar-refractivity contribution in [1.29, 1.82) is 0 Å². The zero-order chi connectivity index (χ0) is 14.3. The SMILES string of the molecule is CC1CC(C)C(C(=O)N2CCOC3CCCC32)CC1N. The number of nitrogens with two attached hydrogens (primary N) is 1. The molecule has 4 heteroatoms. The number of rotatable bonds is 1. The fourth-order valence-corrected chi connectivity index (χ4v) is 4.44. The van der Waals surface area contributed by atoms with Gasteiger partial charge in [-0.2, -0.15) is 0 Å². The van der Waals surface area contributed by atoms with Gasteiger partial charge in [-0.25, -0.2) is 0 Å². The van der Waals surface area contributed by atoms with Crippen molar-refractivity contribution in [2.24, 2.45) is 23.5 Å². The van der Waals surface area contributed by atoms with Crippen LogP contribution < -0.4 is 5.73 Å². The number of hydrogen-bond acceptors (Lipinski definition) is 3. The molecule has 1 saturated heterocycles. The van der Waals surface area contributed by atoms with Gasteiger partial charge >= 0.3 is 0 Å². The highest BCUT2D eigenvalue weighted by atomic mass is 16.5. The third-order valence-electron chi connectivity index (χ3n) is 5.77. The Balaban J connectivity index is 1.71. The summed E-state index contributed by atoms with van der Waals surface area (Å²) in [6.45, 7) is 5.91. The topological polar surface area (TPSA) is 55.6 Å². The monoisotopic (exact) mass is 280 g/mol. The largest absolute Gasteiger partial charge is 0.374 e.